The Morgan fingerprint density at radius 2 is 1.95 bits per heavy atom. The molecule has 6 rings (SSSR count). The third-order valence-electron chi connectivity index (χ3n) is 7.00. The number of anilines is 2. The van der Waals surface area contributed by atoms with Gasteiger partial charge in [0.2, 0.25) is 5.91 Å². The minimum Gasteiger partial charge on any atom is -0.352 e. The summed E-state index contributed by atoms with van der Waals surface area (Å²) in [5.41, 5.74) is 3.92. The van der Waals surface area contributed by atoms with E-state index >= 15 is 4.39 Å². The van der Waals surface area contributed by atoms with Gasteiger partial charge in [-0.1, -0.05) is 13.8 Å². The summed E-state index contributed by atoms with van der Waals surface area (Å²) in [4.78, 5) is 33.8. The van der Waals surface area contributed by atoms with Crippen LogP contribution in [0.15, 0.2) is 42.9 Å². The molecule has 10 nitrogen and oxygen atoms in total. The van der Waals surface area contributed by atoms with Gasteiger partial charge in [-0.2, -0.15) is 5.10 Å². The number of amides is 1. The normalized spacial score (nSPS) is 14.5. The van der Waals surface area contributed by atoms with Crippen LogP contribution in [0.3, 0.4) is 0 Å². The van der Waals surface area contributed by atoms with E-state index in [9.17, 15) is 4.79 Å². The van der Waals surface area contributed by atoms with Crippen molar-refractivity contribution < 1.29 is 9.18 Å². The van der Waals surface area contributed by atoms with Crippen LogP contribution in [0.1, 0.15) is 20.3 Å². The number of likely N-dealkylation sites (N-methyl/N-ethyl adjacent to an activating group) is 1. The van der Waals surface area contributed by atoms with E-state index in [0.29, 0.717) is 45.7 Å². The van der Waals surface area contributed by atoms with Crippen LogP contribution in [-0.2, 0) is 4.79 Å². The number of nitrogens with zero attached hydrogens (tertiary/aromatic N) is 6. The third-order valence-corrected chi connectivity index (χ3v) is 7.00. The molecule has 0 radical (unpaired) electrons. The molecule has 1 saturated heterocycles. The number of H-pyrrole nitrogens is 2. The number of fused-ring (bicyclic) bond motifs is 2. The highest BCUT2D eigenvalue weighted by molar-refractivity contribution is 5.98. The van der Waals surface area contributed by atoms with Gasteiger partial charge in [0, 0.05) is 56.1 Å². The van der Waals surface area contributed by atoms with Crippen molar-refractivity contribution in [3.05, 3.63) is 48.7 Å². The predicted octanol–water partition coefficient (Wildman–Crippen LogP) is 4.44. The molecule has 1 aliphatic heterocycles. The largest absolute Gasteiger partial charge is 0.352 e. The summed E-state index contributed by atoms with van der Waals surface area (Å²) in [5, 5.41) is 10.5. The molecule has 4 aromatic heterocycles. The molecule has 0 atom stereocenters. The van der Waals surface area contributed by atoms with Crippen molar-refractivity contribution in [2.75, 3.05) is 43.4 Å². The average molecular weight is 528 g/mol. The number of imidazole rings is 1. The van der Waals surface area contributed by atoms with Gasteiger partial charge in [0.15, 0.2) is 11.6 Å². The highest BCUT2D eigenvalue weighted by atomic mass is 19.1. The highest BCUT2D eigenvalue weighted by Crippen LogP contribution is 2.35. The Kier molecular flexibility index (Phi) is 6.43. The van der Waals surface area contributed by atoms with Crippen LogP contribution in [0.4, 0.5) is 15.9 Å². The molecule has 39 heavy (non-hydrogen) atoms. The van der Waals surface area contributed by atoms with Gasteiger partial charge in [0.25, 0.3) is 0 Å². The zero-order valence-corrected chi connectivity index (χ0v) is 22.1. The minimum absolute atomic E-state index is 0.104. The van der Waals surface area contributed by atoms with E-state index in [0.717, 1.165) is 43.0 Å². The molecular weight excluding hydrogens is 497 g/mol. The van der Waals surface area contributed by atoms with Crippen LogP contribution in [0, 0.1) is 11.7 Å². The molecule has 0 aliphatic carbocycles. The van der Waals surface area contributed by atoms with Crippen molar-refractivity contribution in [3.63, 3.8) is 0 Å². The lowest BCUT2D eigenvalue weighted by Gasteiger charge is -2.33. The fourth-order valence-electron chi connectivity index (χ4n) is 4.99. The molecule has 1 amide bonds. The SMILES string of the molecule is CC(C)CC(=O)Nc1cncc(-c2ccc3[nH]nc(-c4nc5c(N6CCN(C)CC6)nccc5[nH]4)c3c2F)c1. The molecule has 1 aromatic carbocycles. The molecule has 3 N–H and O–H groups in total. The zero-order chi connectivity index (χ0) is 27.1. The molecule has 5 aromatic rings. The van der Waals surface area contributed by atoms with Gasteiger partial charge in [-0.15, -0.1) is 0 Å². The Morgan fingerprint density at radius 3 is 2.74 bits per heavy atom. The standard InChI is InChI=1S/C28H30FN9O/c1-16(2)12-22(39)32-18-13-17(14-30-15-18)19-4-5-20-23(24(19)29)26(36-35-20)27-33-21-6-7-31-28(25(21)34-27)38-10-8-37(3)9-11-38/h4-7,13-16H,8-12H2,1-3H3,(H,32,39)(H,33,34)(H,35,36). The molecule has 0 bridgehead atoms. The number of benzene rings is 1. The first-order valence-corrected chi connectivity index (χ1v) is 13.1. The van der Waals surface area contributed by atoms with Gasteiger partial charge in [-0.05, 0) is 37.2 Å². The molecule has 0 spiro atoms. The second-order valence-corrected chi connectivity index (χ2v) is 10.4. The van der Waals surface area contributed by atoms with Gasteiger partial charge < -0.3 is 20.1 Å². The number of carbonyl (C=O) groups is 1. The molecule has 11 heteroatoms. The number of halogens is 1. The average Bonchev–Trinajstić information content (AvgIpc) is 3.54. The maximum Gasteiger partial charge on any atom is 0.224 e. The summed E-state index contributed by atoms with van der Waals surface area (Å²) in [7, 11) is 2.11. The molecule has 1 fully saturated rings. The Balaban J connectivity index is 1.38. The summed E-state index contributed by atoms with van der Waals surface area (Å²) in [6.45, 7) is 7.58. The summed E-state index contributed by atoms with van der Waals surface area (Å²) >= 11 is 0. The fourth-order valence-corrected chi connectivity index (χ4v) is 4.99. The molecule has 0 unspecified atom stereocenters. The molecule has 200 valence electrons. The van der Waals surface area contributed by atoms with Crippen molar-refractivity contribution in [2.45, 2.75) is 20.3 Å². The first-order chi connectivity index (χ1) is 18.9. The Bertz CT molecular complexity index is 1670. The van der Waals surface area contributed by atoms with Gasteiger partial charge in [0.05, 0.1) is 28.3 Å². The Morgan fingerprint density at radius 1 is 1.13 bits per heavy atom. The summed E-state index contributed by atoms with van der Waals surface area (Å²) < 4.78 is 16.1. The van der Waals surface area contributed by atoms with E-state index in [1.54, 1.807) is 36.8 Å². The monoisotopic (exact) mass is 527 g/mol. The van der Waals surface area contributed by atoms with Crippen LogP contribution in [-0.4, -0.2) is 74.2 Å². The van der Waals surface area contributed by atoms with E-state index in [1.165, 1.54) is 0 Å². The lowest BCUT2D eigenvalue weighted by Crippen LogP contribution is -2.44. The van der Waals surface area contributed by atoms with Gasteiger partial charge in [-0.25, -0.2) is 14.4 Å². The fraction of sp³-hybridized carbons (Fsp3) is 0.321. The van der Waals surface area contributed by atoms with Crippen molar-refractivity contribution in [1.29, 1.82) is 0 Å². The molecule has 5 heterocycles. The van der Waals surface area contributed by atoms with Gasteiger partial charge in [-0.3, -0.25) is 14.9 Å². The van der Waals surface area contributed by atoms with Crippen molar-refractivity contribution in [2.24, 2.45) is 5.92 Å². The number of pyridine rings is 2. The van der Waals surface area contributed by atoms with Crippen molar-refractivity contribution in [3.8, 4) is 22.6 Å². The lowest BCUT2D eigenvalue weighted by molar-refractivity contribution is -0.116. The third kappa shape index (κ3) is 4.81. The minimum atomic E-state index is -0.443. The lowest BCUT2D eigenvalue weighted by atomic mass is 10.0. The first kappa shape index (κ1) is 24.9. The van der Waals surface area contributed by atoms with Crippen molar-refractivity contribution in [1.82, 2.24) is 35.0 Å². The zero-order valence-electron chi connectivity index (χ0n) is 22.1. The number of hydrogen-bond acceptors (Lipinski definition) is 7. The van der Waals surface area contributed by atoms with Crippen LogP contribution < -0.4 is 10.2 Å². The second-order valence-electron chi connectivity index (χ2n) is 10.4. The predicted molar refractivity (Wildman–Crippen MR) is 150 cm³/mol. The van der Waals surface area contributed by atoms with Crippen LogP contribution in [0.2, 0.25) is 0 Å². The maximum atomic E-state index is 16.1. The van der Waals surface area contributed by atoms with Gasteiger partial charge >= 0.3 is 0 Å². The van der Waals surface area contributed by atoms with E-state index in [1.807, 2.05) is 19.9 Å². The number of rotatable bonds is 6. The van der Waals surface area contributed by atoms with Crippen LogP contribution >= 0.6 is 0 Å². The van der Waals surface area contributed by atoms with E-state index in [-0.39, 0.29) is 11.8 Å². The number of aromatic nitrogens is 6. The Labute approximate surface area is 224 Å². The number of hydrogen-bond donors (Lipinski definition) is 3. The number of nitrogens with one attached hydrogen (secondary N) is 3. The number of piperazine rings is 1. The Hall–Kier alpha value is -4.38. The number of aromatic amines is 2. The van der Waals surface area contributed by atoms with Crippen molar-refractivity contribution >= 4 is 39.3 Å². The van der Waals surface area contributed by atoms with E-state index < -0.39 is 5.82 Å². The summed E-state index contributed by atoms with van der Waals surface area (Å²) in [5.74, 6) is 0.955. The van der Waals surface area contributed by atoms with E-state index in [4.69, 9.17) is 4.98 Å². The van der Waals surface area contributed by atoms with Gasteiger partial charge in [0.1, 0.15) is 17.0 Å². The smallest absolute Gasteiger partial charge is 0.224 e. The van der Waals surface area contributed by atoms with Crippen LogP contribution in [0.25, 0.3) is 44.6 Å². The maximum absolute atomic E-state index is 16.1. The van der Waals surface area contributed by atoms with Crippen LogP contribution in [0.5, 0.6) is 0 Å². The molecule has 0 saturated carbocycles. The topological polar surface area (TPSA) is 119 Å². The quantitative estimate of drug-likeness (QED) is 0.299. The van der Waals surface area contributed by atoms with E-state index in [2.05, 4.69) is 47.3 Å². The molecular formula is C28H30FN9O. The molecule has 1 aliphatic rings. The second kappa shape index (κ2) is 10.1. The summed E-state index contributed by atoms with van der Waals surface area (Å²) in [6, 6.07) is 7.07. The first-order valence-electron chi connectivity index (χ1n) is 13.1. The highest BCUT2D eigenvalue weighted by Gasteiger charge is 2.23. The summed E-state index contributed by atoms with van der Waals surface area (Å²) in [6.07, 6.45) is 5.30. The number of carbonyl (C=O) groups excluding carboxylic acids is 1.